The first-order chi connectivity index (χ1) is 11.4. The molecule has 0 bridgehead atoms. The monoisotopic (exact) mass is 406 g/mol. The van der Waals surface area contributed by atoms with Gasteiger partial charge in [-0.1, -0.05) is 39.7 Å². The third-order valence-corrected chi connectivity index (χ3v) is 4.82. The molecule has 0 aliphatic heterocycles. The van der Waals surface area contributed by atoms with Gasteiger partial charge in [0.25, 0.3) is 0 Å². The highest BCUT2D eigenvalue weighted by Crippen LogP contribution is 2.33. The molecule has 0 atom stereocenters. The Kier molecular flexibility index (Phi) is 4.70. The molecule has 24 heavy (non-hydrogen) atoms. The molecule has 0 N–H and O–H groups in total. The summed E-state index contributed by atoms with van der Waals surface area (Å²) in [5, 5.41) is 1.41. The number of aryl methyl sites for hydroxylation is 3. The second-order valence-electron chi connectivity index (χ2n) is 5.80. The quantitative estimate of drug-likeness (QED) is 0.522. The SMILES string of the molecule is Cc1cc(Br)cc(Cl)c1OCc1cc(=O)oc2c(C)c(C)ccc12. The normalized spacial score (nSPS) is 11.0. The summed E-state index contributed by atoms with van der Waals surface area (Å²) in [6, 6.07) is 9.16. The molecular weight excluding hydrogens is 392 g/mol. The smallest absolute Gasteiger partial charge is 0.336 e. The average molecular weight is 408 g/mol. The Bertz CT molecular complexity index is 969. The summed E-state index contributed by atoms with van der Waals surface area (Å²) in [5.41, 5.74) is 3.98. The molecule has 0 aliphatic rings. The van der Waals surface area contributed by atoms with Gasteiger partial charge in [0, 0.05) is 21.5 Å². The van der Waals surface area contributed by atoms with Gasteiger partial charge in [0.15, 0.2) is 0 Å². The molecule has 3 aromatic rings. The molecule has 2 aromatic carbocycles. The molecule has 0 amide bonds. The Hall–Kier alpha value is -1.78. The lowest BCUT2D eigenvalue weighted by molar-refractivity contribution is 0.304. The second kappa shape index (κ2) is 6.61. The van der Waals surface area contributed by atoms with Crippen LogP contribution in [0.2, 0.25) is 5.02 Å². The highest BCUT2D eigenvalue weighted by atomic mass is 79.9. The maximum absolute atomic E-state index is 11.9. The molecule has 0 saturated heterocycles. The van der Waals surface area contributed by atoms with Crippen LogP contribution in [-0.4, -0.2) is 0 Å². The van der Waals surface area contributed by atoms with E-state index in [1.165, 1.54) is 6.07 Å². The van der Waals surface area contributed by atoms with Gasteiger partial charge in [0.2, 0.25) is 0 Å². The molecule has 0 radical (unpaired) electrons. The topological polar surface area (TPSA) is 39.4 Å². The van der Waals surface area contributed by atoms with Gasteiger partial charge in [-0.15, -0.1) is 0 Å². The summed E-state index contributed by atoms with van der Waals surface area (Å²) in [6.07, 6.45) is 0. The predicted molar refractivity (Wildman–Crippen MR) is 100 cm³/mol. The van der Waals surface area contributed by atoms with Crippen LogP contribution in [0.25, 0.3) is 11.0 Å². The Morgan fingerprint density at radius 3 is 2.58 bits per heavy atom. The van der Waals surface area contributed by atoms with E-state index in [2.05, 4.69) is 15.9 Å². The lowest BCUT2D eigenvalue weighted by Crippen LogP contribution is -2.05. The van der Waals surface area contributed by atoms with Crippen LogP contribution in [0.3, 0.4) is 0 Å². The molecule has 0 aliphatic carbocycles. The fraction of sp³-hybridized carbons (Fsp3) is 0.211. The van der Waals surface area contributed by atoms with E-state index in [-0.39, 0.29) is 12.2 Å². The molecule has 124 valence electrons. The van der Waals surface area contributed by atoms with Crippen LogP contribution in [0.4, 0.5) is 0 Å². The van der Waals surface area contributed by atoms with Crippen molar-refractivity contribution in [3.8, 4) is 5.75 Å². The van der Waals surface area contributed by atoms with Crippen LogP contribution < -0.4 is 10.4 Å². The number of benzene rings is 2. The fourth-order valence-corrected chi connectivity index (χ4v) is 3.69. The van der Waals surface area contributed by atoms with E-state index in [9.17, 15) is 4.79 Å². The molecule has 1 heterocycles. The summed E-state index contributed by atoms with van der Waals surface area (Å²) in [7, 11) is 0. The molecule has 1 aromatic heterocycles. The lowest BCUT2D eigenvalue weighted by atomic mass is 10.0. The van der Waals surface area contributed by atoms with Crippen LogP contribution >= 0.6 is 27.5 Å². The zero-order valence-corrected chi connectivity index (χ0v) is 15.9. The van der Waals surface area contributed by atoms with Crippen LogP contribution in [0, 0.1) is 20.8 Å². The number of halogens is 2. The fourth-order valence-electron chi connectivity index (χ4n) is 2.67. The number of ether oxygens (including phenoxy) is 1. The van der Waals surface area contributed by atoms with Gasteiger partial charge in [-0.2, -0.15) is 0 Å². The Labute approximate surface area is 153 Å². The van der Waals surface area contributed by atoms with E-state index in [0.29, 0.717) is 16.4 Å². The summed E-state index contributed by atoms with van der Waals surface area (Å²) >= 11 is 9.67. The molecule has 0 spiro atoms. The maximum Gasteiger partial charge on any atom is 0.336 e. The van der Waals surface area contributed by atoms with E-state index >= 15 is 0 Å². The van der Waals surface area contributed by atoms with Gasteiger partial charge in [-0.25, -0.2) is 4.79 Å². The highest BCUT2D eigenvalue weighted by Gasteiger charge is 2.12. The minimum atomic E-state index is -0.381. The largest absolute Gasteiger partial charge is 0.487 e. The minimum absolute atomic E-state index is 0.243. The molecular formula is C19H16BrClO3. The number of rotatable bonds is 3. The van der Waals surface area contributed by atoms with Crippen molar-refractivity contribution in [1.82, 2.24) is 0 Å². The second-order valence-corrected chi connectivity index (χ2v) is 7.12. The van der Waals surface area contributed by atoms with Crippen LogP contribution in [0.1, 0.15) is 22.3 Å². The standard InChI is InChI=1S/C19H16BrClO3/c1-10-4-5-15-13(7-17(22)24-19(15)12(10)3)9-23-18-11(2)6-14(20)8-16(18)21/h4-8H,9H2,1-3H3. The molecule has 3 rings (SSSR count). The van der Waals surface area contributed by atoms with Crippen molar-refractivity contribution in [3.63, 3.8) is 0 Å². The van der Waals surface area contributed by atoms with Gasteiger partial charge >= 0.3 is 5.63 Å². The molecule has 5 heteroatoms. The van der Waals surface area contributed by atoms with E-state index in [4.69, 9.17) is 20.8 Å². The van der Waals surface area contributed by atoms with Crippen molar-refractivity contribution in [1.29, 1.82) is 0 Å². The van der Waals surface area contributed by atoms with Crippen molar-refractivity contribution in [2.45, 2.75) is 27.4 Å². The molecule has 0 fully saturated rings. The Balaban J connectivity index is 2.03. The first kappa shape index (κ1) is 17.1. The van der Waals surface area contributed by atoms with Gasteiger partial charge in [-0.3, -0.25) is 0 Å². The van der Waals surface area contributed by atoms with E-state index in [1.54, 1.807) is 6.07 Å². The van der Waals surface area contributed by atoms with Gasteiger partial charge in [0.1, 0.15) is 17.9 Å². The van der Waals surface area contributed by atoms with E-state index in [0.717, 1.165) is 32.1 Å². The summed E-state index contributed by atoms with van der Waals surface area (Å²) in [6.45, 7) is 6.10. The van der Waals surface area contributed by atoms with Gasteiger partial charge < -0.3 is 9.15 Å². The zero-order chi connectivity index (χ0) is 17.4. The Morgan fingerprint density at radius 2 is 1.88 bits per heavy atom. The van der Waals surface area contributed by atoms with Crippen molar-refractivity contribution in [2.75, 3.05) is 0 Å². The average Bonchev–Trinajstić information content (AvgIpc) is 2.50. The Morgan fingerprint density at radius 1 is 1.12 bits per heavy atom. The minimum Gasteiger partial charge on any atom is -0.487 e. The molecule has 0 saturated carbocycles. The first-order valence-corrected chi connectivity index (χ1v) is 8.65. The zero-order valence-electron chi connectivity index (χ0n) is 13.6. The van der Waals surface area contributed by atoms with Crippen molar-refractivity contribution in [3.05, 3.63) is 72.5 Å². The molecule has 3 nitrogen and oxygen atoms in total. The van der Waals surface area contributed by atoms with Gasteiger partial charge in [0.05, 0.1) is 5.02 Å². The third-order valence-electron chi connectivity index (χ3n) is 4.08. The summed E-state index contributed by atoms with van der Waals surface area (Å²) < 4.78 is 12.2. The van der Waals surface area contributed by atoms with Crippen LogP contribution in [0.5, 0.6) is 5.75 Å². The first-order valence-electron chi connectivity index (χ1n) is 7.48. The number of hydrogen-bond donors (Lipinski definition) is 0. The van der Waals surface area contributed by atoms with Crippen LogP contribution in [0.15, 0.2) is 44.0 Å². The maximum atomic E-state index is 11.9. The molecule has 0 unspecified atom stereocenters. The summed E-state index contributed by atoms with van der Waals surface area (Å²) in [4.78, 5) is 11.9. The van der Waals surface area contributed by atoms with Crippen molar-refractivity contribution >= 4 is 38.5 Å². The number of hydrogen-bond acceptors (Lipinski definition) is 3. The number of fused-ring (bicyclic) bond motifs is 1. The predicted octanol–water partition coefficient (Wildman–Crippen LogP) is 5.71. The van der Waals surface area contributed by atoms with Crippen molar-refractivity contribution in [2.24, 2.45) is 0 Å². The van der Waals surface area contributed by atoms with Crippen LogP contribution in [-0.2, 0) is 6.61 Å². The third kappa shape index (κ3) is 3.21. The van der Waals surface area contributed by atoms with Gasteiger partial charge in [-0.05, 0) is 49.6 Å². The lowest BCUT2D eigenvalue weighted by Gasteiger charge is -2.13. The van der Waals surface area contributed by atoms with E-state index < -0.39 is 0 Å². The highest BCUT2D eigenvalue weighted by molar-refractivity contribution is 9.10. The summed E-state index contributed by atoms with van der Waals surface area (Å²) in [5.74, 6) is 0.616. The van der Waals surface area contributed by atoms with E-state index in [1.807, 2.05) is 39.0 Å². The van der Waals surface area contributed by atoms with Crippen molar-refractivity contribution < 1.29 is 9.15 Å².